The van der Waals surface area contributed by atoms with Crippen LogP contribution in [0.1, 0.15) is 33.3 Å². The van der Waals surface area contributed by atoms with E-state index < -0.39 is 0 Å². The lowest BCUT2D eigenvalue weighted by Crippen LogP contribution is -2.45. The van der Waals surface area contributed by atoms with Crippen molar-refractivity contribution < 1.29 is 14.3 Å². The fraction of sp³-hybridized carbons (Fsp3) is 0.500. The fourth-order valence-corrected chi connectivity index (χ4v) is 4.56. The number of fused-ring (bicyclic) bond motifs is 3. The fourth-order valence-electron chi connectivity index (χ4n) is 4.56. The summed E-state index contributed by atoms with van der Waals surface area (Å²) in [6.07, 6.45) is 1.53. The second kappa shape index (κ2) is 9.31. The van der Waals surface area contributed by atoms with Crippen LogP contribution in [-0.2, 0) is 16.1 Å². The molecule has 186 valence electrons. The van der Waals surface area contributed by atoms with Crippen molar-refractivity contribution in [1.82, 2.24) is 24.8 Å². The molecule has 0 unspecified atom stereocenters. The number of nitrogens with zero attached hydrogens (tertiary/aromatic N) is 5. The van der Waals surface area contributed by atoms with Gasteiger partial charge in [0, 0.05) is 31.5 Å². The third kappa shape index (κ3) is 4.73. The van der Waals surface area contributed by atoms with E-state index in [4.69, 9.17) is 9.47 Å². The predicted octanol–water partition coefficient (Wildman–Crippen LogP) is 3.09. The van der Waals surface area contributed by atoms with Gasteiger partial charge in [0.25, 0.3) is 0 Å². The number of hydrogen-bond donors (Lipinski definition) is 3. The van der Waals surface area contributed by atoms with Gasteiger partial charge in [-0.25, -0.2) is 14.3 Å². The van der Waals surface area contributed by atoms with E-state index >= 15 is 0 Å². The topological polar surface area (TPSA) is 118 Å². The van der Waals surface area contributed by atoms with Crippen LogP contribution in [0.5, 0.6) is 0 Å². The van der Waals surface area contributed by atoms with Gasteiger partial charge in [-0.3, -0.25) is 0 Å². The molecular weight excluding hydrogens is 448 g/mol. The average Bonchev–Trinajstić information content (AvgIpc) is 3.25. The molecule has 2 aromatic heterocycles. The molecule has 0 aliphatic carbocycles. The van der Waals surface area contributed by atoms with Gasteiger partial charge in [-0.2, -0.15) is 9.97 Å². The second-order valence-corrected chi connectivity index (χ2v) is 9.36. The molecular formula is C24H32N8O3. The Hall–Kier alpha value is -3.44. The lowest BCUT2D eigenvalue weighted by molar-refractivity contribution is -0.00524. The molecule has 1 amide bonds. The Morgan fingerprint density at radius 1 is 1.09 bits per heavy atom. The zero-order chi connectivity index (χ0) is 24.7. The summed E-state index contributed by atoms with van der Waals surface area (Å²) in [7, 11) is 1.77. The molecule has 4 atom stereocenters. The van der Waals surface area contributed by atoms with Crippen molar-refractivity contribution in [2.75, 3.05) is 35.7 Å². The number of nitrogens with one attached hydrogen (secondary N) is 3. The van der Waals surface area contributed by atoms with E-state index in [0.29, 0.717) is 29.5 Å². The third-order valence-corrected chi connectivity index (χ3v) is 6.44. The molecule has 4 bridgehead atoms. The number of rotatable bonds is 2. The van der Waals surface area contributed by atoms with Gasteiger partial charge in [0.1, 0.15) is 6.33 Å². The molecule has 1 aromatic carbocycles. The maximum absolute atomic E-state index is 13.0. The molecule has 0 saturated carbocycles. The Bertz CT molecular complexity index is 1230. The number of ether oxygens (including phenoxy) is 2. The number of benzene rings is 1. The van der Waals surface area contributed by atoms with Gasteiger partial charge in [0.2, 0.25) is 5.95 Å². The molecule has 4 heterocycles. The minimum absolute atomic E-state index is 0.140. The first kappa shape index (κ1) is 23.3. The highest BCUT2D eigenvalue weighted by molar-refractivity contribution is 5.92. The lowest BCUT2D eigenvalue weighted by Gasteiger charge is -2.37. The van der Waals surface area contributed by atoms with Crippen LogP contribution in [-0.4, -0.2) is 70.0 Å². The summed E-state index contributed by atoms with van der Waals surface area (Å²) in [5.74, 6) is 0.899. The van der Waals surface area contributed by atoms with Crippen molar-refractivity contribution in [2.24, 2.45) is 0 Å². The molecule has 1 fully saturated rings. The van der Waals surface area contributed by atoms with Crippen LogP contribution in [0, 0.1) is 0 Å². The van der Waals surface area contributed by atoms with E-state index in [2.05, 4.69) is 61.8 Å². The van der Waals surface area contributed by atoms with Crippen LogP contribution in [0.25, 0.3) is 11.2 Å². The summed E-state index contributed by atoms with van der Waals surface area (Å²) in [6.45, 7) is 10.1. The summed E-state index contributed by atoms with van der Waals surface area (Å²) in [6, 6.07) is 5.73. The molecule has 5 rings (SSSR count). The van der Waals surface area contributed by atoms with Gasteiger partial charge in [0.05, 0.1) is 31.0 Å². The SMILES string of the molecule is CNc1nc2nc3c1ncn3C(=O)N[C@H](C)[C@@H](C)OCc1cc(cc(N3C[C@@H](C)O[C@@H](C)C3)c1)N2. The minimum Gasteiger partial charge on any atom is -0.372 e. The van der Waals surface area contributed by atoms with Gasteiger partial charge in [-0.15, -0.1) is 0 Å². The monoisotopic (exact) mass is 480 g/mol. The van der Waals surface area contributed by atoms with E-state index in [1.807, 2.05) is 19.9 Å². The first-order valence-electron chi connectivity index (χ1n) is 12.0. The molecule has 2 aliphatic heterocycles. The van der Waals surface area contributed by atoms with Crippen LogP contribution in [0.3, 0.4) is 0 Å². The number of imidazole rings is 1. The summed E-state index contributed by atoms with van der Waals surface area (Å²) < 4.78 is 13.5. The Balaban J connectivity index is 1.61. The van der Waals surface area contributed by atoms with Gasteiger partial charge in [-0.1, -0.05) is 0 Å². The van der Waals surface area contributed by atoms with Crippen molar-refractivity contribution in [3.05, 3.63) is 30.1 Å². The Labute approximate surface area is 204 Å². The number of carbonyl (C=O) groups excluding carboxylic acids is 1. The highest BCUT2D eigenvalue weighted by atomic mass is 16.5. The van der Waals surface area contributed by atoms with E-state index in [9.17, 15) is 4.79 Å². The van der Waals surface area contributed by atoms with E-state index in [-0.39, 0.29) is 30.4 Å². The molecule has 11 heteroatoms. The van der Waals surface area contributed by atoms with Crippen molar-refractivity contribution in [1.29, 1.82) is 0 Å². The van der Waals surface area contributed by atoms with Gasteiger partial charge < -0.3 is 30.3 Å². The number of carbonyl (C=O) groups is 1. The smallest absolute Gasteiger partial charge is 0.328 e. The zero-order valence-corrected chi connectivity index (χ0v) is 20.7. The van der Waals surface area contributed by atoms with Crippen LogP contribution >= 0.6 is 0 Å². The Kier molecular flexibility index (Phi) is 6.20. The van der Waals surface area contributed by atoms with Crippen LogP contribution in [0.4, 0.5) is 27.9 Å². The average molecular weight is 481 g/mol. The van der Waals surface area contributed by atoms with Gasteiger partial charge in [-0.05, 0) is 51.5 Å². The first-order chi connectivity index (χ1) is 16.8. The molecule has 3 aromatic rings. The first-order valence-corrected chi connectivity index (χ1v) is 12.0. The molecule has 0 radical (unpaired) electrons. The Morgan fingerprint density at radius 3 is 2.60 bits per heavy atom. The molecule has 11 nitrogen and oxygen atoms in total. The van der Waals surface area contributed by atoms with Crippen LogP contribution in [0.15, 0.2) is 24.5 Å². The standard InChI is InChI=1S/C24H32N8O3/c1-13-9-31(10-14(2)35-13)19-7-17-6-18(8-19)28-23-29-21(25-5)20-22(30-23)32(12-26-20)24(33)27-15(3)16(4)34-11-17/h6-8,12-16H,9-11H2,1-5H3,(H,27,33)(H2,25,28,29,30)/t13-,14+,15-,16-/m1/s1. The van der Waals surface area contributed by atoms with Crippen LogP contribution in [0.2, 0.25) is 0 Å². The zero-order valence-electron chi connectivity index (χ0n) is 20.7. The molecule has 2 aliphatic rings. The number of anilines is 4. The van der Waals surface area contributed by atoms with E-state index in [0.717, 1.165) is 30.0 Å². The summed E-state index contributed by atoms with van der Waals surface area (Å²) in [5.41, 5.74) is 3.86. The van der Waals surface area contributed by atoms with Crippen molar-refractivity contribution in [2.45, 2.75) is 58.7 Å². The maximum atomic E-state index is 13.0. The number of morpholine rings is 1. The normalized spacial score (nSPS) is 25.2. The quantitative estimate of drug-likeness (QED) is 0.508. The summed E-state index contributed by atoms with van der Waals surface area (Å²) in [5, 5.41) is 9.39. The number of aromatic nitrogens is 4. The number of amides is 1. The summed E-state index contributed by atoms with van der Waals surface area (Å²) in [4.78, 5) is 28.9. The van der Waals surface area contributed by atoms with E-state index in [1.165, 1.54) is 10.9 Å². The van der Waals surface area contributed by atoms with Crippen LogP contribution < -0.4 is 20.9 Å². The predicted molar refractivity (Wildman–Crippen MR) is 134 cm³/mol. The molecule has 3 N–H and O–H groups in total. The molecule has 35 heavy (non-hydrogen) atoms. The van der Waals surface area contributed by atoms with Gasteiger partial charge >= 0.3 is 6.03 Å². The lowest BCUT2D eigenvalue weighted by atomic mass is 10.1. The number of hydrogen-bond acceptors (Lipinski definition) is 9. The molecule has 1 saturated heterocycles. The van der Waals surface area contributed by atoms with Crippen molar-refractivity contribution in [3.63, 3.8) is 0 Å². The minimum atomic E-state index is -0.324. The van der Waals surface area contributed by atoms with Gasteiger partial charge in [0.15, 0.2) is 17.0 Å². The highest BCUT2D eigenvalue weighted by Gasteiger charge is 2.24. The maximum Gasteiger partial charge on any atom is 0.328 e. The molecule has 0 spiro atoms. The van der Waals surface area contributed by atoms with E-state index in [1.54, 1.807) is 7.05 Å². The van der Waals surface area contributed by atoms with Crippen molar-refractivity contribution >= 4 is 40.3 Å². The Morgan fingerprint density at radius 2 is 1.86 bits per heavy atom. The second-order valence-electron chi connectivity index (χ2n) is 9.36. The summed E-state index contributed by atoms with van der Waals surface area (Å²) >= 11 is 0. The largest absolute Gasteiger partial charge is 0.372 e. The highest BCUT2D eigenvalue weighted by Crippen LogP contribution is 2.29. The third-order valence-electron chi connectivity index (χ3n) is 6.44. The van der Waals surface area contributed by atoms with Crippen molar-refractivity contribution in [3.8, 4) is 0 Å².